The maximum atomic E-state index is 10.7. The Labute approximate surface area is 134 Å². The molecule has 1 aromatic heterocycles. The van der Waals surface area contributed by atoms with E-state index in [1.54, 1.807) is 12.1 Å². The first-order valence-corrected chi connectivity index (χ1v) is 7.57. The Bertz CT molecular complexity index is 670. The van der Waals surface area contributed by atoms with Crippen LogP contribution >= 0.6 is 0 Å². The summed E-state index contributed by atoms with van der Waals surface area (Å²) in [5, 5.41) is 23.2. The summed E-state index contributed by atoms with van der Waals surface area (Å²) in [6.07, 6.45) is 1.52. The normalized spacial score (nSPS) is 12.0. The van der Waals surface area contributed by atoms with Crippen LogP contribution in [-0.2, 0) is 6.42 Å². The van der Waals surface area contributed by atoms with Gasteiger partial charge in [-0.3, -0.25) is 10.1 Å². The summed E-state index contributed by atoms with van der Waals surface area (Å²) < 4.78 is 0. The highest BCUT2D eigenvalue weighted by molar-refractivity contribution is 5.59. The third-order valence-electron chi connectivity index (χ3n) is 3.54. The van der Waals surface area contributed by atoms with Gasteiger partial charge in [-0.25, -0.2) is 9.97 Å². The van der Waals surface area contributed by atoms with E-state index >= 15 is 0 Å². The molecule has 2 rings (SSSR count). The van der Waals surface area contributed by atoms with Gasteiger partial charge in [0, 0.05) is 29.5 Å². The van der Waals surface area contributed by atoms with Crippen LogP contribution in [0.1, 0.15) is 26.0 Å². The lowest BCUT2D eigenvalue weighted by Crippen LogP contribution is -2.23. The van der Waals surface area contributed by atoms with E-state index in [-0.39, 0.29) is 18.3 Å². The Morgan fingerprint density at radius 2 is 1.96 bits per heavy atom. The molecule has 0 aliphatic heterocycles. The van der Waals surface area contributed by atoms with Crippen LogP contribution in [-0.4, -0.2) is 32.6 Å². The van der Waals surface area contributed by atoms with Crippen LogP contribution in [0.2, 0.25) is 0 Å². The molecule has 0 aliphatic rings. The number of aliphatic hydroxyl groups is 1. The fourth-order valence-corrected chi connectivity index (χ4v) is 2.10. The molecule has 1 atom stereocenters. The maximum Gasteiger partial charge on any atom is 0.269 e. The molecule has 0 aliphatic carbocycles. The summed E-state index contributed by atoms with van der Waals surface area (Å²) in [5.74, 6) is 1.15. The van der Waals surface area contributed by atoms with Crippen molar-refractivity contribution >= 4 is 11.5 Å². The van der Waals surface area contributed by atoms with E-state index in [1.165, 1.54) is 12.1 Å². The molecule has 7 heteroatoms. The van der Waals surface area contributed by atoms with Gasteiger partial charge in [0.05, 0.1) is 17.6 Å². The number of hydrogen-bond donors (Lipinski definition) is 2. The molecule has 0 unspecified atom stereocenters. The molecule has 122 valence electrons. The number of nitro benzene ring substituents is 1. The largest absolute Gasteiger partial charge is 0.394 e. The van der Waals surface area contributed by atoms with Gasteiger partial charge in [-0.15, -0.1) is 0 Å². The number of hydrogen-bond acceptors (Lipinski definition) is 6. The standard InChI is InChI=1S/C16H20N4O3/c1-3-12-9-15(17-13(4-2)10-21)19-16(18-12)11-5-7-14(8-6-11)20(22)23/h5-9,13,21H,3-4,10H2,1-2H3,(H,17,18,19)/t13-/m1/s1. The molecule has 0 spiro atoms. The summed E-state index contributed by atoms with van der Waals surface area (Å²) >= 11 is 0. The summed E-state index contributed by atoms with van der Waals surface area (Å²) in [6.45, 7) is 4.00. The maximum absolute atomic E-state index is 10.7. The van der Waals surface area contributed by atoms with Gasteiger partial charge in [0.15, 0.2) is 5.82 Å². The van der Waals surface area contributed by atoms with E-state index < -0.39 is 4.92 Å². The average molecular weight is 316 g/mol. The number of anilines is 1. The zero-order valence-electron chi connectivity index (χ0n) is 13.2. The van der Waals surface area contributed by atoms with Crippen molar-refractivity contribution in [3.05, 3.63) is 46.1 Å². The number of nitrogens with one attached hydrogen (secondary N) is 1. The van der Waals surface area contributed by atoms with Crippen molar-refractivity contribution in [3.63, 3.8) is 0 Å². The number of non-ortho nitro benzene ring substituents is 1. The van der Waals surface area contributed by atoms with Crippen LogP contribution < -0.4 is 5.32 Å². The van der Waals surface area contributed by atoms with Gasteiger partial charge >= 0.3 is 0 Å². The fourth-order valence-electron chi connectivity index (χ4n) is 2.10. The van der Waals surface area contributed by atoms with Crippen molar-refractivity contribution in [1.82, 2.24) is 9.97 Å². The molecule has 0 amide bonds. The van der Waals surface area contributed by atoms with Gasteiger partial charge in [-0.2, -0.15) is 0 Å². The van der Waals surface area contributed by atoms with Crippen molar-refractivity contribution in [2.75, 3.05) is 11.9 Å². The fraction of sp³-hybridized carbons (Fsp3) is 0.375. The first-order valence-electron chi connectivity index (χ1n) is 7.57. The second kappa shape index (κ2) is 7.64. The van der Waals surface area contributed by atoms with Gasteiger partial charge in [0.25, 0.3) is 5.69 Å². The number of aryl methyl sites for hydroxylation is 1. The van der Waals surface area contributed by atoms with E-state index in [0.29, 0.717) is 17.2 Å². The van der Waals surface area contributed by atoms with Gasteiger partial charge in [-0.05, 0) is 25.0 Å². The van der Waals surface area contributed by atoms with E-state index in [9.17, 15) is 15.2 Å². The first kappa shape index (κ1) is 16.8. The summed E-state index contributed by atoms with van der Waals surface area (Å²) in [7, 11) is 0. The Hall–Kier alpha value is -2.54. The highest BCUT2D eigenvalue weighted by atomic mass is 16.6. The molecule has 0 fully saturated rings. The summed E-state index contributed by atoms with van der Waals surface area (Å²) in [4.78, 5) is 19.2. The zero-order valence-corrected chi connectivity index (χ0v) is 13.2. The number of nitro groups is 1. The SMILES string of the molecule is CCc1cc(N[C@H](CC)CO)nc(-c2ccc([N+](=O)[O-])cc2)n1. The average Bonchev–Trinajstić information content (AvgIpc) is 2.59. The minimum Gasteiger partial charge on any atom is -0.394 e. The van der Waals surface area contributed by atoms with Crippen molar-refractivity contribution in [3.8, 4) is 11.4 Å². The molecule has 7 nitrogen and oxygen atoms in total. The molecule has 0 bridgehead atoms. The first-order chi connectivity index (χ1) is 11.1. The quantitative estimate of drug-likeness (QED) is 0.601. The van der Waals surface area contributed by atoms with Crippen molar-refractivity contribution in [1.29, 1.82) is 0 Å². The number of aromatic nitrogens is 2. The number of nitrogens with zero attached hydrogens (tertiary/aromatic N) is 3. The number of benzene rings is 1. The molecule has 0 radical (unpaired) electrons. The molecule has 2 aromatic rings. The van der Waals surface area contributed by atoms with E-state index in [1.807, 2.05) is 19.9 Å². The van der Waals surface area contributed by atoms with Crippen LogP contribution in [0.15, 0.2) is 30.3 Å². The third-order valence-corrected chi connectivity index (χ3v) is 3.54. The van der Waals surface area contributed by atoms with Gasteiger partial charge in [-0.1, -0.05) is 13.8 Å². The predicted molar refractivity (Wildman–Crippen MR) is 88.3 cm³/mol. The summed E-state index contributed by atoms with van der Waals surface area (Å²) in [5.41, 5.74) is 1.61. The van der Waals surface area contributed by atoms with Crippen LogP contribution in [0.5, 0.6) is 0 Å². The Morgan fingerprint density at radius 3 is 2.48 bits per heavy atom. The lowest BCUT2D eigenvalue weighted by atomic mass is 10.2. The van der Waals surface area contributed by atoms with Gasteiger partial charge < -0.3 is 10.4 Å². The molecule has 0 saturated heterocycles. The van der Waals surface area contributed by atoms with Gasteiger partial charge in [0.2, 0.25) is 0 Å². The predicted octanol–water partition coefficient (Wildman–Crippen LogP) is 2.80. The molecule has 1 aromatic carbocycles. The number of aliphatic hydroxyl groups excluding tert-OH is 1. The van der Waals surface area contributed by atoms with Crippen LogP contribution in [0.3, 0.4) is 0 Å². The van der Waals surface area contributed by atoms with E-state index in [4.69, 9.17) is 0 Å². The monoisotopic (exact) mass is 316 g/mol. The minimum absolute atomic E-state index is 0.0226. The van der Waals surface area contributed by atoms with Crippen molar-refractivity contribution in [2.24, 2.45) is 0 Å². The topological polar surface area (TPSA) is 101 Å². The molecule has 1 heterocycles. The lowest BCUT2D eigenvalue weighted by Gasteiger charge is -2.16. The lowest BCUT2D eigenvalue weighted by molar-refractivity contribution is -0.384. The molecule has 23 heavy (non-hydrogen) atoms. The van der Waals surface area contributed by atoms with Crippen molar-refractivity contribution < 1.29 is 10.0 Å². The molecular formula is C16H20N4O3. The minimum atomic E-state index is -0.437. The second-order valence-electron chi connectivity index (χ2n) is 5.16. The Balaban J connectivity index is 2.35. The van der Waals surface area contributed by atoms with E-state index in [0.717, 1.165) is 18.5 Å². The smallest absolute Gasteiger partial charge is 0.269 e. The van der Waals surface area contributed by atoms with Crippen LogP contribution in [0, 0.1) is 10.1 Å². The Kier molecular flexibility index (Phi) is 5.59. The van der Waals surface area contributed by atoms with E-state index in [2.05, 4.69) is 15.3 Å². The molecular weight excluding hydrogens is 296 g/mol. The highest BCUT2D eigenvalue weighted by Crippen LogP contribution is 2.22. The highest BCUT2D eigenvalue weighted by Gasteiger charge is 2.11. The molecule has 0 saturated carbocycles. The van der Waals surface area contributed by atoms with Gasteiger partial charge in [0.1, 0.15) is 5.82 Å². The van der Waals surface area contributed by atoms with Crippen LogP contribution in [0.25, 0.3) is 11.4 Å². The molecule has 2 N–H and O–H groups in total. The third kappa shape index (κ3) is 4.23. The Morgan fingerprint density at radius 1 is 1.26 bits per heavy atom. The number of rotatable bonds is 7. The second-order valence-corrected chi connectivity index (χ2v) is 5.16. The van der Waals surface area contributed by atoms with Crippen molar-refractivity contribution in [2.45, 2.75) is 32.7 Å². The van der Waals surface area contributed by atoms with Crippen LogP contribution in [0.4, 0.5) is 11.5 Å². The zero-order chi connectivity index (χ0) is 16.8. The summed E-state index contributed by atoms with van der Waals surface area (Å²) in [6, 6.07) is 7.94.